The summed E-state index contributed by atoms with van der Waals surface area (Å²) in [5, 5.41) is 13.3. The number of halogens is 1. The smallest absolute Gasteiger partial charge is 0.242 e. The molecule has 120 valence electrons. The molecule has 22 heavy (non-hydrogen) atoms. The van der Waals surface area contributed by atoms with Crippen LogP contribution in [0.4, 0.5) is 4.39 Å². The van der Waals surface area contributed by atoms with Crippen LogP contribution in [0.25, 0.3) is 11.4 Å². The molecule has 0 unspecified atom stereocenters. The van der Waals surface area contributed by atoms with Gasteiger partial charge in [0.25, 0.3) is 0 Å². The Morgan fingerprint density at radius 1 is 1.27 bits per heavy atom. The Morgan fingerprint density at radius 3 is 2.50 bits per heavy atom. The van der Waals surface area contributed by atoms with Crippen LogP contribution >= 0.6 is 0 Å². The van der Waals surface area contributed by atoms with Gasteiger partial charge in [0.1, 0.15) is 11.6 Å². The first-order valence-electron chi connectivity index (χ1n) is 6.66. The van der Waals surface area contributed by atoms with E-state index >= 15 is 0 Å². The van der Waals surface area contributed by atoms with E-state index in [1.165, 1.54) is 24.3 Å². The molecular formula is C14H17FN2O4S. The lowest BCUT2D eigenvalue weighted by Gasteiger charge is -2.15. The molecule has 6 nitrogen and oxygen atoms in total. The molecular weight excluding hydrogens is 311 g/mol. The SMILES string of the molecule is CC(C)(O)CCS(=O)(=O)Cc1nc(-c2ccc(F)cc2)no1. The topological polar surface area (TPSA) is 93.3 Å². The summed E-state index contributed by atoms with van der Waals surface area (Å²) in [6, 6.07) is 5.47. The summed E-state index contributed by atoms with van der Waals surface area (Å²) in [6.45, 7) is 3.09. The van der Waals surface area contributed by atoms with Crippen LogP contribution in [-0.2, 0) is 15.6 Å². The van der Waals surface area contributed by atoms with Crippen molar-refractivity contribution in [3.8, 4) is 11.4 Å². The molecule has 0 aliphatic heterocycles. The fraction of sp³-hybridized carbons (Fsp3) is 0.429. The van der Waals surface area contributed by atoms with Gasteiger partial charge in [-0.15, -0.1) is 0 Å². The molecule has 1 aromatic heterocycles. The predicted molar refractivity (Wildman–Crippen MR) is 78.1 cm³/mol. The van der Waals surface area contributed by atoms with Crippen LogP contribution in [0, 0.1) is 5.82 Å². The molecule has 1 aromatic carbocycles. The van der Waals surface area contributed by atoms with Crippen LogP contribution in [0.15, 0.2) is 28.8 Å². The van der Waals surface area contributed by atoms with Crippen molar-refractivity contribution in [2.45, 2.75) is 31.6 Å². The number of hydrogen-bond acceptors (Lipinski definition) is 6. The van der Waals surface area contributed by atoms with Crippen LogP contribution in [-0.4, -0.2) is 35.0 Å². The highest BCUT2D eigenvalue weighted by atomic mass is 32.2. The van der Waals surface area contributed by atoms with Crippen molar-refractivity contribution in [1.29, 1.82) is 0 Å². The minimum atomic E-state index is -3.46. The average molecular weight is 328 g/mol. The lowest BCUT2D eigenvalue weighted by atomic mass is 10.1. The van der Waals surface area contributed by atoms with E-state index in [0.717, 1.165) is 0 Å². The molecule has 0 spiro atoms. The maximum atomic E-state index is 12.8. The van der Waals surface area contributed by atoms with Crippen LogP contribution in [0.3, 0.4) is 0 Å². The van der Waals surface area contributed by atoms with Gasteiger partial charge < -0.3 is 9.63 Å². The summed E-state index contributed by atoms with van der Waals surface area (Å²) in [6.07, 6.45) is 0.119. The van der Waals surface area contributed by atoms with Crippen molar-refractivity contribution in [1.82, 2.24) is 10.1 Å². The molecule has 0 saturated carbocycles. The van der Waals surface area contributed by atoms with Gasteiger partial charge in [0.2, 0.25) is 11.7 Å². The first-order valence-corrected chi connectivity index (χ1v) is 8.48. The standard InChI is InChI=1S/C14H17FN2O4S/c1-14(2,18)7-8-22(19,20)9-12-16-13(17-21-12)10-3-5-11(15)6-4-10/h3-6,18H,7-9H2,1-2H3. The van der Waals surface area contributed by atoms with Crippen molar-refractivity contribution in [2.24, 2.45) is 0 Å². The van der Waals surface area contributed by atoms with Gasteiger partial charge in [-0.25, -0.2) is 12.8 Å². The van der Waals surface area contributed by atoms with Gasteiger partial charge in [-0.05, 0) is 44.5 Å². The van der Waals surface area contributed by atoms with Crippen LogP contribution in [0.5, 0.6) is 0 Å². The summed E-state index contributed by atoms with van der Waals surface area (Å²) in [4.78, 5) is 4.00. The van der Waals surface area contributed by atoms with E-state index in [9.17, 15) is 17.9 Å². The third kappa shape index (κ3) is 4.88. The summed E-state index contributed by atoms with van der Waals surface area (Å²) < 4.78 is 41.7. The Balaban J connectivity index is 2.07. The van der Waals surface area contributed by atoms with Crippen molar-refractivity contribution >= 4 is 9.84 Å². The van der Waals surface area contributed by atoms with Crippen molar-refractivity contribution in [2.75, 3.05) is 5.75 Å². The number of nitrogens with zero attached hydrogens (tertiary/aromatic N) is 2. The Labute approximate surface area is 127 Å². The highest BCUT2D eigenvalue weighted by Crippen LogP contribution is 2.18. The second kappa shape index (κ2) is 6.13. The molecule has 0 bridgehead atoms. The van der Waals surface area contributed by atoms with Crippen molar-refractivity contribution < 1.29 is 22.4 Å². The van der Waals surface area contributed by atoms with E-state index in [4.69, 9.17) is 4.52 Å². The van der Waals surface area contributed by atoms with Crippen molar-refractivity contribution in [3.05, 3.63) is 36.0 Å². The molecule has 1 N–H and O–H groups in total. The molecule has 8 heteroatoms. The normalized spacial score (nSPS) is 12.5. The van der Waals surface area contributed by atoms with E-state index in [1.807, 2.05) is 0 Å². The first-order chi connectivity index (χ1) is 10.1. The third-order valence-electron chi connectivity index (χ3n) is 2.94. The monoisotopic (exact) mass is 328 g/mol. The summed E-state index contributed by atoms with van der Waals surface area (Å²) in [7, 11) is -3.46. The molecule has 0 aliphatic rings. The van der Waals surface area contributed by atoms with Gasteiger partial charge >= 0.3 is 0 Å². The predicted octanol–water partition coefficient (Wildman–Crippen LogP) is 1.95. The van der Waals surface area contributed by atoms with Gasteiger partial charge in [-0.1, -0.05) is 5.16 Å². The Kier molecular flexibility index (Phi) is 4.62. The fourth-order valence-corrected chi connectivity index (χ4v) is 3.14. The van der Waals surface area contributed by atoms with Gasteiger partial charge in [-0.2, -0.15) is 4.98 Å². The lowest BCUT2D eigenvalue weighted by Crippen LogP contribution is -2.24. The van der Waals surface area contributed by atoms with Gasteiger partial charge in [0.05, 0.1) is 11.4 Å². The number of aromatic nitrogens is 2. The average Bonchev–Trinajstić information content (AvgIpc) is 2.84. The first kappa shape index (κ1) is 16.6. The van der Waals surface area contributed by atoms with E-state index in [2.05, 4.69) is 10.1 Å². The zero-order chi connectivity index (χ0) is 16.4. The van der Waals surface area contributed by atoms with E-state index < -0.39 is 21.2 Å². The van der Waals surface area contributed by atoms with E-state index in [0.29, 0.717) is 5.56 Å². The maximum absolute atomic E-state index is 12.8. The highest BCUT2D eigenvalue weighted by molar-refractivity contribution is 7.90. The highest BCUT2D eigenvalue weighted by Gasteiger charge is 2.22. The zero-order valence-corrected chi connectivity index (χ0v) is 13.1. The summed E-state index contributed by atoms with van der Waals surface area (Å²) >= 11 is 0. The largest absolute Gasteiger partial charge is 0.390 e. The Hall–Kier alpha value is -1.80. The minimum Gasteiger partial charge on any atom is -0.390 e. The molecule has 0 atom stereocenters. The molecule has 0 fully saturated rings. The number of benzene rings is 1. The second-order valence-electron chi connectivity index (χ2n) is 5.67. The summed E-state index contributed by atoms with van der Waals surface area (Å²) in [5.74, 6) is -0.786. The van der Waals surface area contributed by atoms with Crippen LogP contribution < -0.4 is 0 Å². The number of hydrogen-bond donors (Lipinski definition) is 1. The number of sulfone groups is 1. The summed E-state index contributed by atoms with van der Waals surface area (Å²) in [5.41, 5.74) is -0.522. The van der Waals surface area contributed by atoms with Crippen LogP contribution in [0.1, 0.15) is 26.2 Å². The molecule has 2 aromatic rings. The van der Waals surface area contributed by atoms with Crippen molar-refractivity contribution in [3.63, 3.8) is 0 Å². The second-order valence-corrected chi connectivity index (χ2v) is 7.86. The van der Waals surface area contributed by atoms with Gasteiger partial charge in [0.15, 0.2) is 9.84 Å². The molecule has 1 heterocycles. The molecule has 0 aliphatic carbocycles. The molecule has 0 saturated heterocycles. The lowest BCUT2D eigenvalue weighted by molar-refractivity contribution is 0.0772. The molecule has 2 rings (SSSR count). The van der Waals surface area contributed by atoms with Gasteiger partial charge in [0, 0.05) is 5.56 Å². The Morgan fingerprint density at radius 2 is 1.91 bits per heavy atom. The third-order valence-corrected chi connectivity index (χ3v) is 4.45. The van der Waals surface area contributed by atoms with E-state index in [1.54, 1.807) is 13.8 Å². The fourth-order valence-electron chi connectivity index (χ4n) is 1.70. The van der Waals surface area contributed by atoms with Gasteiger partial charge in [-0.3, -0.25) is 0 Å². The number of aliphatic hydroxyl groups is 1. The van der Waals surface area contributed by atoms with Crippen LogP contribution in [0.2, 0.25) is 0 Å². The quantitative estimate of drug-likeness (QED) is 0.871. The molecule has 0 radical (unpaired) electrons. The zero-order valence-electron chi connectivity index (χ0n) is 12.3. The molecule has 0 amide bonds. The number of rotatable bonds is 6. The maximum Gasteiger partial charge on any atom is 0.242 e. The minimum absolute atomic E-state index is 0.0323. The van der Waals surface area contributed by atoms with E-state index in [-0.39, 0.29) is 29.7 Å². The Bertz CT molecular complexity index is 733.